The molecule has 6 nitrogen and oxygen atoms in total. The van der Waals surface area contributed by atoms with Gasteiger partial charge in [0, 0.05) is 31.6 Å². The molecule has 2 atom stereocenters. The van der Waals surface area contributed by atoms with Crippen LogP contribution in [0.5, 0.6) is 0 Å². The lowest BCUT2D eigenvalue weighted by Crippen LogP contribution is -2.34. The number of nitriles is 1. The van der Waals surface area contributed by atoms with Gasteiger partial charge in [-0.3, -0.25) is 4.79 Å². The van der Waals surface area contributed by atoms with Crippen molar-refractivity contribution in [1.29, 1.82) is 5.26 Å². The number of rotatable bonds is 9. The molecule has 0 spiro atoms. The van der Waals surface area contributed by atoms with Gasteiger partial charge in [0.2, 0.25) is 0 Å². The van der Waals surface area contributed by atoms with E-state index in [0.717, 1.165) is 36.6 Å². The predicted octanol–water partition coefficient (Wildman–Crippen LogP) is 3.07. The van der Waals surface area contributed by atoms with Crippen LogP contribution in [0.2, 0.25) is 0 Å². The number of amides is 1. The van der Waals surface area contributed by atoms with Crippen LogP contribution in [0, 0.1) is 31.1 Å². The number of likely N-dealkylation sites (tertiary alicyclic amines) is 1. The Morgan fingerprint density at radius 1 is 1.36 bits per heavy atom. The molecule has 154 valence electrons. The number of hydrogen-bond acceptors (Lipinski definition) is 4. The lowest BCUT2D eigenvalue weighted by Gasteiger charge is -2.20. The number of ether oxygens (including phenoxy) is 1. The van der Waals surface area contributed by atoms with E-state index in [1.807, 2.05) is 19.9 Å². The summed E-state index contributed by atoms with van der Waals surface area (Å²) < 4.78 is 7.44. The van der Waals surface area contributed by atoms with Crippen LogP contribution in [0.25, 0.3) is 6.08 Å². The third-order valence-electron chi connectivity index (χ3n) is 5.42. The monoisotopic (exact) mass is 386 g/mol. The lowest BCUT2D eigenvalue weighted by atomic mass is 10.1. The molecule has 0 bridgehead atoms. The average molecular weight is 387 g/mol. The van der Waals surface area contributed by atoms with Crippen molar-refractivity contribution in [1.82, 2.24) is 14.8 Å². The summed E-state index contributed by atoms with van der Waals surface area (Å²) in [6.45, 7) is 12.8. The smallest absolute Gasteiger partial charge is 0.261 e. The van der Waals surface area contributed by atoms with E-state index in [-0.39, 0.29) is 17.5 Å². The number of aromatic nitrogens is 1. The summed E-state index contributed by atoms with van der Waals surface area (Å²) in [5, 5.41) is 12.4. The Balaban J connectivity index is 2.03. The molecule has 0 radical (unpaired) electrons. The largest absolute Gasteiger partial charge is 0.383 e. The van der Waals surface area contributed by atoms with Crippen LogP contribution in [0.3, 0.4) is 0 Å². The van der Waals surface area contributed by atoms with Crippen LogP contribution in [0.1, 0.15) is 49.7 Å². The van der Waals surface area contributed by atoms with E-state index in [1.54, 1.807) is 13.2 Å². The van der Waals surface area contributed by atoms with Crippen LogP contribution >= 0.6 is 0 Å². The predicted molar refractivity (Wildman–Crippen MR) is 112 cm³/mol. The van der Waals surface area contributed by atoms with Crippen molar-refractivity contribution in [2.24, 2.45) is 5.92 Å². The molecule has 1 saturated heterocycles. The Labute approximate surface area is 169 Å². The fraction of sp³-hybridized carbons (Fsp3) is 0.636. The van der Waals surface area contributed by atoms with Gasteiger partial charge in [0.1, 0.15) is 11.6 Å². The molecule has 0 aromatic carbocycles. The molecule has 2 unspecified atom stereocenters. The Morgan fingerprint density at radius 2 is 2.04 bits per heavy atom. The van der Waals surface area contributed by atoms with Crippen molar-refractivity contribution < 1.29 is 9.53 Å². The minimum Gasteiger partial charge on any atom is -0.383 e. The highest BCUT2D eigenvalue weighted by atomic mass is 16.5. The van der Waals surface area contributed by atoms with E-state index >= 15 is 0 Å². The second kappa shape index (κ2) is 10.4. The summed E-state index contributed by atoms with van der Waals surface area (Å²) >= 11 is 0. The van der Waals surface area contributed by atoms with E-state index in [9.17, 15) is 10.1 Å². The van der Waals surface area contributed by atoms with Crippen LogP contribution in [-0.2, 0) is 9.53 Å². The zero-order valence-electron chi connectivity index (χ0n) is 17.9. The second-order valence-corrected chi connectivity index (χ2v) is 7.99. The van der Waals surface area contributed by atoms with Gasteiger partial charge in [-0.2, -0.15) is 5.26 Å². The minimum atomic E-state index is -0.300. The summed E-state index contributed by atoms with van der Waals surface area (Å²) in [5.74, 6) is 0.0625. The Bertz CT molecular complexity index is 738. The van der Waals surface area contributed by atoms with Crippen LogP contribution in [0.4, 0.5) is 0 Å². The van der Waals surface area contributed by atoms with Gasteiger partial charge in [-0.15, -0.1) is 0 Å². The van der Waals surface area contributed by atoms with Gasteiger partial charge in [-0.1, -0.05) is 6.92 Å². The van der Waals surface area contributed by atoms with Gasteiger partial charge in [-0.05, 0) is 70.3 Å². The summed E-state index contributed by atoms with van der Waals surface area (Å²) in [5.41, 5.74) is 3.17. The lowest BCUT2D eigenvalue weighted by molar-refractivity contribution is -0.117. The van der Waals surface area contributed by atoms with Crippen molar-refractivity contribution in [3.63, 3.8) is 0 Å². The van der Waals surface area contributed by atoms with E-state index in [4.69, 9.17) is 4.74 Å². The van der Waals surface area contributed by atoms with Crippen molar-refractivity contribution >= 4 is 12.0 Å². The highest BCUT2D eigenvalue weighted by Crippen LogP contribution is 2.22. The quantitative estimate of drug-likeness (QED) is 0.523. The summed E-state index contributed by atoms with van der Waals surface area (Å²) in [7, 11) is 1.69. The van der Waals surface area contributed by atoms with Gasteiger partial charge >= 0.3 is 0 Å². The maximum atomic E-state index is 12.5. The SMILES string of the molecule is COCC(C)n1c(C)cc(/C=C(\C#N)C(=O)NCC(C)CN2CCCC2)c1C. The standard InChI is InChI=1S/C22H34N4O2/c1-16(14-25-8-6-7-9-25)13-24-22(27)21(12-23)11-20-10-17(2)26(19(20)4)18(3)15-28-5/h10-11,16,18H,6-9,13-15H2,1-5H3,(H,24,27)/b21-11+. The zero-order chi connectivity index (χ0) is 20.7. The number of aryl methyl sites for hydroxylation is 1. The average Bonchev–Trinajstić information content (AvgIpc) is 3.25. The molecule has 1 fully saturated rings. The molecule has 28 heavy (non-hydrogen) atoms. The van der Waals surface area contributed by atoms with E-state index in [2.05, 4.69) is 34.7 Å². The third-order valence-corrected chi connectivity index (χ3v) is 5.42. The first-order valence-electron chi connectivity index (χ1n) is 10.2. The van der Waals surface area contributed by atoms with Gasteiger partial charge in [-0.25, -0.2) is 0 Å². The molecule has 0 saturated carbocycles. The molecule has 0 aliphatic carbocycles. The molecule has 6 heteroatoms. The molecule has 1 aliphatic rings. The molecule has 1 aromatic heterocycles. The maximum Gasteiger partial charge on any atom is 0.261 e. The molecule has 1 amide bonds. The molecular formula is C22H34N4O2. The number of methoxy groups -OCH3 is 1. The van der Waals surface area contributed by atoms with Crippen molar-refractivity contribution in [2.45, 2.75) is 46.6 Å². The zero-order valence-corrected chi connectivity index (χ0v) is 17.9. The van der Waals surface area contributed by atoms with Crippen molar-refractivity contribution in [2.75, 3.05) is 39.9 Å². The van der Waals surface area contributed by atoms with Gasteiger partial charge in [0.15, 0.2) is 0 Å². The number of nitrogens with zero attached hydrogens (tertiary/aromatic N) is 3. The Morgan fingerprint density at radius 3 is 2.64 bits per heavy atom. The molecule has 2 rings (SSSR count). The molecular weight excluding hydrogens is 352 g/mol. The molecule has 1 aromatic rings. The van der Waals surface area contributed by atoms with Crippen LogP contribution in [0.15, 0.2) is 11.6 Å². The fourth-order valence-electron chi connectivity index (χ4n) is 4.08. The van der Waals surface area contributed by atoms with Crippen LogP contribution < -0.4 is 5.32 Å². The highest BCUT2D eigenvalue weighted by Gasteiger charge is 2.18. The number of carbonyl (C=O) groups is 1. The number of nitrogens with one attached hydrogen (secondary N) is 1. The Hall–Kier alpha value is -2.10. The third kappa shape index (κ3) is 5.70. The topological polar surface area (TPSA) is 70.3 Å². The van der Waals surface area contributed by atoms with Gasteiger partial charge in [0.05, 0.1) is 12.6 Å². The van der Waals surface area contributed by atoms with Crippen molar-refractivity contribution in [3.05, 3.63) is 28.6 Å². The van der Waals surface area contributed by atoms with Gasteiger partial charge < -0.3 is 19.5 Å². The minimum absolute atomic E-state index is 0.146. The highest BCUT2D eigenvalue weighted by molar-refractivity contribution is 6.01. The summed E-state index contributed by atoms with van der Waals surface area (Å²) in [4.78, 5) is 15.0. The van der Waals surface area contributed by atoms with E-state index in [1.165, 1.54) is 12.8 Å². The van der Waals surface area contributed by atoms with E-state index < -0.39 is 0 Å². The maximum absolute atomic E-state index is 12.5. The second-order valence-electron chi connectivity index (χ2n) is 7.99. The van der Waals surface area contributed by atoms with Gasteiger partial charge in [0.25, 0.3) is 5.91 Å². The molecule has 2 heterocycles. The summed E-state index contributed by atoms with van der Waals surface area (Å²) in [6.07, 6.45) is 4.22. The first-order chi connectivity index (χ1) is 13.4. The van der Waals surface area contributed by atoms with Crippen molar-refractivity contribution in [3.8, 4) is 6.07 Å². The number of hydrogen-bond donors (Lipinski definition) is 1. The van der Waals surface area contributed by atoms with Crippen LogP contribution in [-0.4, -0.2) is 55.3 Å². The first kappa shape index (κ1) is 22.2. The Kier molecular flexibility index (Phi) is 8.28. The fourth-order valence-corrected chi connectivity index (χ4v) is 4.08. The number of carbonyl (C=O) groups excluding carboxylic acids is 1. The van der Waals surface area contributed by atoms with E-state index in [0.29, 0.717) is 19.1 Å². The normalized spacial score (nSPS) is 17.4. The molecule has 1 aliphatic heterocycles. The molecule has 1 N–H and O–H groups in total. The summed E-state index contributed by atoms with van der Waals surface area (Å²) in [6, 6.07) is 4.27. The first-order valence-corrected chi connectivity index (χ1v) is 10.2.